The molecule has 0 saturated carbocycles. The van der Waals surface area contributed by atoms with Gasteiger partial charge >= 0.3 is 0 Å². The second kappa shape index (κ2) is 8.50. The number of methoxy groups -OCH3 is 1. The van der Waals surface area contributed by atoms with Crippen LogP contribution in [0.15, 0.2) is 36.4 Å². The molecule has 0 unspecified atom stereocenters. The lowest BCUT2D eigenvalue weighted by atomic mass is 9.79. The van der Waals surface area contributed by atoms with Gasteiger partial charge in [0.2, 0.25) is 0 Å². The maximum Gasteiger partial charge on any atom is 0.142 e. The molecule has 2 N–H and O–H groups in total. The van der Waals surface area contributed by atoms with Crippen LogP contribution in [-0.4, -0.2) is 38.4 Å². The number of nitrogens with zero attached hydrogens (tertiary/aromatic N) is 1. The minimum absolute atomic E-state index is 0.0559. The Morgan fingerprint density at radius 2 is 1.60 bits per heavy atom. The summed E-state index contributed by atoms with van der Waals surface area (Å²) in [7, 11) is 1.73. The molecule has 4 heteroatoms. The third kappa shape index (κ3) is 4.92. The lowest BCUT2D eigenvalue weighted by Gasteiger charge is -2.35. The predicted octanol–water partition coefficient (Wildman–Crippen LogP) is 3.90. The number of piperazine rings is 1. The van der Waals surface area contributed by atoms with E-state index in [1.807, 2.05) is 12.1 Å². The number of ether oxygens (including phenoxy) is 1. The minimum atomic E-state index is -0.0853. The predicted molar refractivity (Wildman–Crippen MR) is 125 cm³/mol. The van der Waals surface area contributed by atoms with Crippen LogP contribution in [0, 0.1) is 0 Å². The van der Waals surface area contributed by atoms with Crippen LogP contribution in [0.2, 0.25) is 0 Å². The van der Waals surface area contributed by atoms with Crippen molar-refractivity contribution >= 4 is 5.69 Å². The number of para-hydroxylation sites is 2. The topological polar surface area (TPSA) is 37.1 Å². The highest BCUT2D eigenvalue weighted by molar-refractivity contribution is 5.58. The van der Waals surface area contributed by atoms with E-state index >= 15 is 0 Å². The zero-order chi connectivity index (χ0) is 22.1. The van der Waals surface area contributed by atoms with Crippen molar-refractivity contribution in [2.45, 2.75) is 58.9 Å². The van der Waals surface area contributed by atoms with Gasteiger partial charge in [-0.25, -0.2) is 0 Å². The summed E-state index contributed by atoms with van der Waals surface area (Å²) < 4.78 is 5.55. The summed E-state index contributed by atoms with van der Waals surface area (Å²) in [6, 6.07) is 12.7. The van der Waals surface area contributed by atoms with Gasteiger partial charge in [0.15, 0.2) is 0 Å². The Morgan fingerprint density at radius 1 is 0.967 bits per heavy atom. The van der Waals surface area contributed by atoms with Crippen LogP contribution in [0.3, 0.4) is 0 Å². The van der Waals surface area contributed by atoms with Crippen LogP contribution in [0.4, 0.5) is 5.69 Å². The van der Waals surface area contributed by atoms with Crippen LogP contribution in [0.1, 0.15) is 58.2 Å². The molecule has 1 aliphatic heterocycles. The van der Waals surface area contributed by atoms with Crippen molar-refractivity contribution in [3.63, 3.8) is 0 Å². The van der Waals surface area contributed by atoms with Crippen molar-refractivity contribution in [2.75, 3.05) is 38.2 Å². The molecule has 0 bridgehead atoms. The summed E-state index contributed by atoms with van der Waals surface area (Å²) >= 11 is 0. The normalized spacial score (nSPS) is 16.0. The van der Waals surface area contributed by atoms with Crippen molar-refractivity contribution in [2.24, 2.45) is 0 Å². The van der Waals surface area contributed by atoms with Crippen molar-refractivity contribution in [3.05, 3.63) is 53.1 Å². The van der Waals surface area contributed by atoms with Gasteiger partial charge in [0.25, 0.3) is 0 Å². The maximum absolute atomic E-state index is 11.1. The van der Waals surface area contributed by atoms with E-state index < -0.39 is 0 Å². The molecule has 164 valence electrons. The second-order valence-corrected chi connectivity index (χ2v) is 10.6. The molecule has 0 aromatic heterocycles. The first-order chi connectivity index (χ1) is 14.0. The third-order valence-electron chi connectivity index (χ3n) is 6.20. The summed E-state index contributed by atoms with van der Waals surface area (Å²) in [5.41, 5.74) is 4.57. The van der Waals surface area contributed by atoms with Crippen LogP contribution >= 0.6 is 0 Å². The largest absolute Gasteiger partial charge is 0.507 e. The first-order valence-corrected chi connectivity index (χ1v) is 11.1. The van der Waals surface area contributed by atoms with Crippen LogP contribution in [-0.2, 0) is 17.4 Å². The van der Waals surface area contributed by atoms with E-state index in [0.717, 1.165) is 49.6 Å². The first kappa shape index (κ1) is 22.5. The van der Waals surface area contributed by atoms with E-state index in [9.17, 15) is 5.11 Å². The smallest absolute Gasteiger partial charge is 0.142 e. The fourth-order valence-electron chi connectivity index (χ4n) is 4.24. The fraction of sp³-hybridized carbons (Fsp3) is 0.538. The fourth-order valence-corrected chi connectivity index (χ4v) is 4.24. The number of hydrogen-bond acceptors (Lipinski definition) is 3. The Morgan fingerprint density at radius 3 is 2.17 bits per heavy atom. The van der Waals surface area contributed by atoms with Gasteiger partial charge in [0.1, 0.15) is 18.0 Å². The second-order valence-electron chi connectivity index (χ2n) is 10.6. The molecule has 0 aliphatic carbocycles. The van der Waals surface area contributed by atoms with Crippen molar-refractivity contribution in [1.29, 1.82) is 0 Å². The van der Waals surface area contributed by atoms with Gasteiger partial charge in [-0.15, -0.1) is 0 Å². The molecule has 0 spiro atoms. The number of phenols is 1. The van der Waals surface area contributed by atoms with Crippen LogP contribution in [0.25, 0.3) is 0 Å². The molecule has 30 heavy (non-hydrogen) atoms. The zero-order valence-corrected chi connectivity index (χ0v) is 19.8. The summed E-state index contributed by atoms with van der Waals surface area (Å²) in [6.07, 6.45) is 0. The van der Waals surface area contributed by atoms with Crippen LogP contribution < -0.4 is 14.5 Å². The van der Waals surface area contributed by atoms with Crippen molar-refractivity contribution in [3.8, 4) is 11.5 Å². The summed E-state index contributed by atoms with van der Waals surface area (Å²) in [6.45, 7) is 18.2. The van der Waals surface area contributed by atoms with E-state index in [4.69, 9.17) is 4.74 Å². The average Bonchev–Trinajstić information content (AvgIpc) is 2.68. The molecule has 0 radical (unpaired) electrons. The Labute approximate surface area is 182 Å². The lowest BCUT2D eigenvalue weighted by molar-refractivity contribution is -0.914. The van der Waals surface area contributed by atoms with Crippen molar-refractivity contribution in [1.82, 2.24) is 0 Å². The standard InChI is InChI=1S/C26H38N2O2/c1-25(2,3)20-16-19(24(29)21(17-20)26(4,5)6)18-27-12-14-28(15-13-27)22-10-8-9-11-23(22)30-7/h8-11,16-17,29H,12-15,18H2,1-7H3/p+1. The Hall–Kier alpha value is -2.20. The molecule has 3 rings (SSSR count). The molecule has 1 saturated heterocycles. The average molecular weight is 412 g/mol. The first-order valence-electron chi connectivity index (χ1n) is 11.1. The van der Waals surface area contributed by atoms with E-state index in [1.54, 1.807) is 7.11 Å². The molecular formula is C26H39N2O2+. The number of hydrogen-bond donors (Lipinski definition) is 2. The molecule has 0 atom stereocenters. The van der Waals surface area contributed by atoms with Gasteiger partial charge < -0.3 is 19.6 Å². The van der Waals surface area contributed by atoms with Gasteiger partial charge in [0.05, 0.1) is 39.0 Å². The Balaban J connectivity index is 1.79. The van der Waals surface area contributed by atoms with Gasteiger partial charge in [-0.2, -0.15) is 0 Å². The Kier molecular flexibility index (Phi) is 6.37. The highest BCUT2D eigenvalue weighted by atomic mass is 16.5. The lowest BCUT2D eigenvalue weighted by Crippen LogP contribution is -3.13. The third-order valence-corrected chi connectivity index (χ3v) is 6.20. The number of phenolic OH excluding ortho intramolecular Hbond substituents is 1. The van der Waals surface area contributed by atoms with E-state index in [-0.39, 0.29) is 10.8 Å². The Bertz CT molecular complexity index is 870. The molecule has 2 aromatic rings. The molecule has 1 heterocycles. The van der Waals surface area contributed by atoms with Gasteiger partial charge in [-0.3, -0.25) is 0 Å². The number of benzene rings is 2. The summed E-state index contributed by atoms with van der Waals surface area (Å²) in [4.78, 5) is 3.93. The molecule has 2 aromatic carbocycles. The minimum Gasteiger partial charge on any atom is -0.507 e. The quantitative estimate of drug-likeness (QED) is 0.801. The monoisotopic (exact) mass is 411 g/mol. The SMILES string of the molecule is COc1ccccc1N1CC[NH+](Cc2cc(C(C)(C)C)cc(C(C)(C)C)c2O)CC1. The number of anilines is 1. The zero-order valence-electron chi connectivity index (χ0n) is 19.8. The van der Waals surface area contributed by atoms with E-state index in [2.05, 4.69) is 70.7 Å². The van der Waals surface area contributed by atoms with Gasteiger partial charge in [-0.1, -0.05) is 59.7 Å². The number of quaternary nitrogens is 1. The maximum atomic E-state index is 11.1. The van der Waals surface area contributed by atoms with Crippen LogP contribution in [0.5, 0.6) is 11.5 Å². The van der Waals surface area contributed by atoms with E-state index in [1.165, 1.54) is 16.2 Å². The molecule has 1 aliphatic rings. The summed E-state index contributed by atoms with van der Waals surface area (Å²) in [5, 5.41) is 11.1. The highest BCUT2D eigenvalue weighted by Crippen LogP contribution is 2.37. The molecular weight excluding hydrogens is 372 g/mol. The summed E-state index contributed by atoms with van der Waals surface area (Å²) in [5.74, 6) is 1.42. The number of rotatable bonds is 4. The number of aromatic hydroxyl groups is 1. The molecule has 1 fully saturated rings. The van der Waals surface area contributed by atoms with E-state index in [0.29, 0.717) is 5.75 Å². The van der Waals surface area contributed by atoms with Crippen molar-refractivity contribution < 1.29 is 14.7 Å². The molecule has 4 nitrogen and oxygen atoms in total. The van der Waals surface area contributed by atoms with Gasteiger partial charge in [-0.05, 0) is 34.6 Å². The van der Waals surface area contributed by atoms with Gasteiger partial charge in [0, 0.05) is 11.1 Å². The number of nitrogens with one attached hydrogen (secondary N) is 1. The highest BCUT2D eigenvalue weighted by Gasteiger charge is 2.28. The molecule has 0 amide bonds.